The molecule has 4 nitrogen and oxygen atoms in total. The van der Waals surface area contributed by atoms with Gasteiger partial charge in [-0.05, 0) is 43.5 Å². The Morgan fingerprint density at radius 3 is 2.59 bits per heavy atom. The van der Waals surface area contributed by atoms with Gasteiger partial charge in [0.05, 0.1) is 24.9 Å². The summed E-state index contributed by atoms with van der Waals surface area (Å²) in [6, 6.07) is 7.69. The molecule has 4 heteroatoms. The van der Waals surface area contributed by atoms with Crippen LogP contribution in [-0.2, 0) is 4.74 Å². The molecule has 3 rings (SSSR count). The van der Waals surface area contributed by atoms with Crippen molar-refractivity contribution < 1.29 is 19.7 Å². The van der Waals surface area contributed by atoms with Gasteiger partial charge in [0.2, 0.25) is 0 Å². The van der Waals surface area contributed by atoms with E-state index in [-0.39, 0.29) is 18.1 Å². The van der Waals surface area contributed by atoms with Crippen LogP contribution < -0.4 is 4.74 Å². The molecule has 0 aromatic heterocycles. The predicted molar refractivity (Wildman–Crippen MR) is 83.7 cm³/mol. The Labute approximate surface area is 131 Å². The smallest absolute Gasteiger partial charge is 0.118 e. The molecule has 120 valence electrons. The van der Waals surface area contributed by atoms with Crippen molar-refractivity contribution in [3.8, 4) is 5.75 Å². The summed E-state index contributed by atoms with van der Waals surface area (Å²) < 4.78 is 11.4. The van der Waals surface area contributed by atoms with Crippen LogP contribution in [0.3, 0.4) is 0 Å². The Hall–Kier alpha value is -1.36. The molecule has 0 spiro atoms. The van der Waals surface area contributed by atoms with E-state index in [1.165, 1.54) is 0 Å². The molecule has 1 aromatic carbocycles. The maximum absolute atomic E-state index is 10.9. The van der Waals surface area contributed by atoms with Gasteiger partial charge < -0.3 is 19.7 Å². The zero-order chi connectivity index (χ0) is 15.9. The summed E-state index contributed by atoms with van der Waals surface area (Å²) in [6.07, 6.45) is 2.06. The first-order chi connectivity index (χ1) is 10.4. The molecule has 1 aromatic rings. The zero-order valence-corrected chi connectivity index (χ0v) is 13.3. The lowest BCUT2D eigenvalue weighted by molar-refractivity contribution is -0.206. The van der Waals surface area contributed by atoms with Crippen LogP contribution in [0.15, 0.2) is 35.9 Å². The van der Waals surface area contributed by atoms with Crippen LogP contribution in [-0.4, -0.2) is 35.1 Å². The van der Waals surface area contributed by atoms with E-state index >= 15 is 0 Å². The summed E-state index contributed by atoms with van der Waals surface area (Å²) in [5.41, 5.74) is 1.07. The minimum absolute atomic E-state index is 0.0688. The molecule has 22 heavy (non-hydrogen) atoms. The van der Waals surface area contributed by atoms with Gasteiger partial charge >= 0.3 is 0 Å². The first-order valence-electron chi connectivity index (χ1n) is 7.79. The summed E-state index contributed by atoms with van der Waals surface area (Å²) in [4.78, 5) is 0. The Balaban J connectivity index is 1.87. The van der Waals surface area contributed by atoms with Gasteiger partial charge in [-0.15, -0.1) is 0 Å². The summed E-state index contributed by atoms with van der Waals surface area (Å²) in [5.74, 6) is 0.723. The second kappa shape index (κ2) is 5.69. The number of rotatable bonds is 2. The van der Waals surface area contributed by atoms with Gasteiger partial charge in [0.1, 0.15) is 11.9 Å². The highest BCUT2D eigenvalue weighted by atomic mass is 16.5. The van der Waals surface area contributed by atoms with Gasteiger partial charge in [-0.3, -0.25) is 0 Å². The molecule has 5 atom stereocenters. The van der Waals surface area contributed by atoms with Crippen LogP contribution in [0.25, 0.3) is 0 Å². The second-order valence-corrected chi connectivity index (χ2v) is 6.66. The van der Waals surface area contributed by atoms with Crippen molar-refractivity contribution in [3.05, 3.63) is 41.5 Å². The molecular weight excluding hydrogens is 280 g/mol. The lowest BCUT2D eigenvalue weighted by atomic mass is 9.70. The van der Waals surface area contributed by atoms with Crippen molar-refractivity contribution in [2.45, 2.75) is 50.6 Å². The Bertz CT molecular complexity index is 561. The third-order valence-corrected chi connectivity index (χ3v) is 5.07. The van der Waals surface area contributed by atoms with Crippen LogP contribution in [0.5, 0.6) is 5.75 Å². The van der Waals surface area contributed by atoms with Gasteiger partial charge in [0.25, 0.3) is 0 Å². The number of hydrogen-bond acceptors (Lipinski definition) is 4. The van der Waals surface area contributed by atoms with E-state index in [4.69, 9.17) is 9.47 Å². The van der Waals surface area contributed by atoms with Crippen molar-refractivity contribution >= 4 is 0 Å². The first kappa shape index (κ1) is 15.5. The van der Waals surface area contributed by atoms with E-state index in [1.54, 1.807) is 7.11 Å². The van der Waals surface area contributed by atoms with E-state index in [0.717, 1.165) is 23.3 Å². The summed E-state index contributed by atoms with van der Waals surface area (Å²) in [6.45, 7) is 3.76. The summed E-state index contributed by atoms with van der Waals surface area (Å²) in [7, 11) is 1.63. The Morgan fingerprint density at radius 1 is 1.27 bits per heavy atom. The fourth-order valence-electron chi connectivity index (χ4n) is 3.60. The zero-order valence-electron chi connectivity index (χ0n) is 13.3. The van der Waals surface area contributed by atoms with E-state index in [9.17, 15) is 10.2 Å². The third kappa shape index (κ3) is 2.67. The van der Waals surface area contributed by atoms with E-state index < -0.39 is 11.7 Å². The average molecular weight is 304 g/mol. The molecule has 0 amide bonds. The standard InChI is InChI=1S/C18H24O4/c1-11-4-9-14-17(16(11)19)22-15(10-18(14,2)20)12-5-7-13(21-3)8-6-12/h4-8,14-17,19-20H,9-10H2,1-3H3/t14-,15?,16-,17-,18?/m1/s1. The molecule has 1 aliphatic heterocycles. The number of benzene rings is 1. The van der Waals surface area contributed by atoms with Gasteiger partial charge in [-0.25, -0.2) is 0 Å². The van der Waals surface area contributed by atoms with Gasteiger partial charge in [-0.2, -0.15) is 0 Å². The van der Waals surface area contributed by atoms with Gasteiger partial charge in [0, 0.05) is 12.3 Å². The quantitative estimate of drug-likeness (QED) is 0.825. The lowest BCUT2D eigenvalue weighted by Crippen LogP contribution is -2.55. The fourth-order valence-corrected chi connectivity index (χ4v) is 3.60. The molecule has 0 saturated carbocycles. The minimum atomic E-state index is -0.855. The second-order valence-electron chi connectivity index (χ2n) is 6.66. The number of aliphatic hydroxyl groups excluding tert-OH is 1. The average Bonchev–Trinajstić information content (AvgIpc) is 2.50. The monoisotopic (exact) mass is 304 g/mol. The van der Waals surface area contributed by atoms with Crippen LogP contribution in [0, 0.1) is 5.92 Å². The number of hydrogen-bond donors (Lipinski definition) is 2. The van der Waals surface area contributed by atoms with Gasteiger partial charge in [-0.1, -0.05) is 18.2 Å². The van der Waals surface area contributed by atoms with Gasteiger partial charge in [0.15, 0.2) is 0 Å². The number of aliphatic hydroxyl groups is 2. The van der Waals surface area contributed by atoms with Crippen molar-refractivity contribution in [3.63, 3.8) is 0 Å². The molecule has 1 heterocycles. The van der Waals surface area contributed by atoms with E-state index in [1.807, 2.05) is 44.2 Å². The summed E-state index contributed by atoms with van der Waals surface area (Å²) >= 11 is 0. The predicted octanol–water partition coefficient (Wildman–Crippen LogP) is 2.60. The van der Waals surface area contributed by atoms with E-state index in [0.29, 0.717) is 6.42 Å². The van der Waals surface area contributed by atoms with Crippen molar-refractivity contribution in [1.29, 1.82) is 0 Å². The first-order valence-corrected chi connectivity index (χ1v) is 7.79. The molecule has 2 aliphatic rings. The number of fused-ring (bicyclic) bond motifs is 1. The molecule has 0 radical (unpaired) electrons. The van der Waals surface area contributed by atoms with Crippen LogP contribution >= 0.6 is 0 Å². The maximum atomic E-state index is 10.9. The Kier molecular flexibility index (Phi) is 4.02. The van der Waals surface area contributed by atoms with E-state index in [2.05, 4.69) is 0 Å². The molecule has 1 fully saturated rings. The van der Waals surface area contributed by atoms with Crippen molar-refractivity contribution in [2.24, 2.45) is 5.92 Å². The fraction of sp³-hybridized carbons (Fsp3) is 0.556. The molecule has 2 unspecified atom stereocenters. The minimum Gasteiger partial charge on any atom is -0.497 e. The van der Waals surface area contributed by atoms with Crippen molar-refractivity contribution in [1.82, 2.24) is 0 Å². The highest BCUT2D eigenvalue weighted by Crippen LogP contribution is 2.46. The third-order valence-electron chi connectivity index (χ3n) is 5.07. The number of methoxy groups -OCH3 is 1. The largest absolute Gasteiger partial charge is 0.497 e. The lowest BCUT2D eigenvalue weighted by Gasteiger charge is -2.49. The molecular formula is C18H24O4. The topological polar surface area (TPSA) is 58.9 Å². The van der Waals surface area contributed by atoms with Crippen LogP contribution in [0.2, 0.25) is 0 Å². The maximum Gasteiger partial charge on any atom is 0.118 e. The SMILES string of the molecule is COc1ccc(C2CC(C)(O)[C@@H]3CC=C(C)[C@@H](O)[C@@H]3O2)cc1. The number of allylic oxidation sites excluding steroid dienone is 1. The van der Waals surface area contributed by atoms with Crippen molar-refractivity contribution in [2.75, 3.05) is 7.11 Å². The van der Waals surface area contributed by atoms with Crippen LogP contribution in [0.4, 0.5) is 0 Å². The molecule has 0 bridgehead atoms. The molecule has 1 aliphatic carbocycles. The highest BCUT2D eigenvalue weighted by molar-refractivity contribution is 5.29. The number of ether oxygens (including phenoxy) is 2. The molecule has 2 N–H and O–H groups in total. The normalized spacial score (nSPS) is 38.1. The highest BCUT2D eigenvalue weighted by Gasteiger charge is 2.49. The Morgan fingerprint density at radius 2 is 1.95 bits per heavy atom. The summed E-state index contributed by atoms with van der Waals surface area (Å²) in [5, 5.41) is 21.3. The molecule has 1 saturated heterocycles. The van der Waals surface area contributed by atoms with Crippen LogP contribution in [0.1, 0.15) is 38.4 Å².